The molecule has 0 radical (unpaired) electrons. The van der Waals surface area contributed by atoms with Crippen LogP contribution in [0, 0.1) is 0 Å². The normalized spacial score (nSPS) is 19.4. The van der Waals surface area contributed by atoms with Gasteiger partial charge in [-0.15, -0.1) is 0 Å². The SMILES string of the molecule is COC(=O)[C@H](Cc1ccccc1)NC(=O)Nc1ccc([C@H]2O[C@@H](CN(C)[C@H](C)[C@@H](O)c3ccccc3)C[C@@H](c3ccc(CO)cc3)O2)cc1. The molecule has 5 rings (SSSR count). The Labute approximate surface area is 287 Å². The fraction of sp³-hybridized carbons (Fsp3) is 0.333. The van der Waals surface area contributed by atoms with E-state index >= 15 is 0 Å². The number of esters is 1. The molecule has 0 bridgehead atoms. The zero-order chi connectivity index (χ0) is 34.8. The highest BCUT2D eigenvalue weighted by atomic mass is 16.7. The van der Waals surface area contributed by atoms with Crippen LogP contribution in [0.3, 0.4) is 0 Å². The monoisotopic (exact) mass is 667 g/mol. The van der Waals surface area contributed by atoms with E-state index in [4.69, 9.17) is 14.2 Å². The molecule has 0 spiro atoms. The number of benzene rings is 4. The second-order valence-electron chi connectivity index (χ2n) is 12.4. The fourth-order valence-electron chi connectivity index (χ4n) is 5.92. The summed E-state index contributed by atoms with van der Waals surface area (Å²) in [6, 6.07) is 32.3. The van der Waals surface area contributed by atoms with Crippen molar-refractivity contribution >= 4 is 17.7 Å². The van der Waals surface area contributed by atoms with Crippen LogP contribution in [0.1, 0.15) is 59.7 Å². The van der Waals surface area contributed by atoms with Crippen LogP contribution in [0.25, 0.3) is 0 Å². The van der Waals surface area contributed by atoms with Crippen LogP contribution >= 0.6 is 0 Å². The number of nitrogens with zero attached hydrogens (tertiary/aromatic N) is 1. The lowest BCUT2D eigenvalue weighted by atomic mass is 9.98. The number of amides is 2. The number of aliphatic hydroxyl groups is 2. The lowest BCUT2D eigenvalue weighted by molar-refractivity contribution is -0.253. The Morgan fingerprint density at radius 2 is 1.51 bits per heavy atom. The number of anilines is 1. The molecule has 4 aromatic carbocycles. The molecule has 258 valence electrons. The molecule has 4 aromatic rings. The van der Waals surface area contributed by atoms with Gasteiger partial charge in [0.1, 0.15) is 6.04 Å². The summed E-state index contributed by atoms with van der Waals surface area (Å²) >= 11 is 0. The van der Waals surface area contributed by atoms with Crippen molar-refractivity contribution < 1.29 is 34.0 Å². The number of rotatable bonds is 13. The number of nitrogens with one attached hydrogen (secondary N) is 2. The summed E-state index contributed by atoms with van der Waals surface area (Å²) in [5.74, 6) is -0.536. The molecule has 1 fully saturated rings. The van der Waals surface area contributed by atoms with Crippen molar-refractivity contribution in [2.75, 3.05) is 26.0 Å². The molecule has 1 heterocycles. The second kappa shape index (κ2) is 17.2. The molecule has 0 aromatic heterocycles. The largest absolute Gasteiger partial charge is 0.467 e. The van der Waals surface area contributed by atoms with Crippen LogP contribution in [-0.4, -0.2) is 66.0 Å². The van der Waals surface area contributed by atoms with Gasteiger partial charge in [-0.05, 0) is 48.4 Å². The van der Waals surface area contributed by atoms with Crippen molar-refractivity contribution in [2.45, 2.75) is 63.1 Å². The molecule has 2 amide bonds. The van der Waals surface area contributed by atoms with Gasteiger partial charge in [-0.2, -0.15) is 0 Å². The maximum Gasteiger partial charge on any atom is 0.328 e. The van der Waals surface area contributed by atoms with E-state index in [0.29, 0.717) is 25.1 Å². The van der Waals surface area contributed by atoms with E-state index in [0.717, 1.165) is 27.8 Å². The van der Waals surface area contributed by atoms with Gasteiger partial charge in [0.25, 0.3) is 0 Å². The van der Waals surface area contributed by atoms with Crippen molar-refractivity contribution in [3.63, 3.8) is 0 Å². The minimum atomic E-state index is -0.856. The number of carbonyl (C=O) groups excluding carboxylic acids is 2. The highest BCUT2D eigenvalue weighted by Gasteiger charge is 2.34. The van der Waals surface area contributed by atoms with Crippen LogP contribution in [0.4, 0.5) is 10.5 Å². The standard InChI is InChI=1S/C39H45N3O7/c1-26(36(44)30-12-8-5-9-13-30)42(2)24-33-23-35(29-16-14-28(25-43)15-17-29)49-38(48-33)31-18-20-32(21-19-31)40-39(46)41-34(37(45)47-3)22-27-10-6-4-7-11-27/h4-21,26,33-36,38,43-44H,22-25H2,1-3H3,(H2,40,41,46)/t26-,33-,34+,35+,36-,38+/m1/s1. The summed E-state index contributed by atoms with van der Waals surface area (Å²) in [5.41, 5.74) is 4.83. The summed E-state index contributed by atoms with van der Waals surface area (Å²) < 4.78 is 17.9. The molecule has 1 aliphatic heterocycles. The number of aliphatic hydroxyl groups excluding tert-OH is 2. The minimum absolute atomic E-state index is 0.0403. The van der Waals surface area contributed by atoms with E-state index in [-0.39, 0.29) is 24.9 Å². The van der Waals surface area contributed by atoms with Crippen LogP contribution in [0.2, 0.25) is 0 Å². The minimum Gasteiger partial charge on any atom is -0.467 e. The third kappa shape index (κ3) is 9.75. The second-order valence-corrected chi connectivity index (χ2v) is 12.4. The molecular formula is C39H45N3O7. The maximum absolute atomic E-state index is 12.9. The predicted octanol–water partition coefficient (Wildman–Crippen LogP) is 5.68. The third-order valence-electron chi connectivity index (χ3n) is 8.91. The molecule has 49 heavy (non-hydrogen) atoms. The number of methoxy groups -OCH3 is 1. The van der Waals surface area contributed by atoms with Gasteiger partial charge in [-0.25, -0.2) is 9.59 Å². The zero-order valence-electron chi connectivity index (χ0n) is 28.1. The van der Waals surface area contributed by atoms with E-state index < -0.39 is 30.4 Å². The van der Waals surface area contributed by atoms with Crippen LogP contribution in [0.5, 0.6) is 0 Å². The Morgan fingerprint density at radius 3 is 2.14 bits per heavy atom. The molecule has 1 aliphatic rings. The number of carbonyl (C=O) groups is 2. The molecule has 1 saturated heterocycles. The first-order valence-electron chi connectivity index (χ1n) is 16.5. The van der Waals surface area contributed by atoms with Crippen molar-refractivity contribution in [3.05, 3.63) is 137 Å². The summed E-state index contributed by atoms with van der Waals surface area (Å²) in [7, 11) is 3.27. The van der Waals surface area contributed by atoms with Gasteiger partial charge in [0.2, 0.25) is 0 Å². The maximum atomic E-state index is 12.9. The van der Waals surface area contributed by atoms with E-state index in [1.807, 2.05) is 111 Å². The van der Waals surface area contributed by atoms with Gasteiger partial charge < -0.3 is 35.1 Å². The van der Waals surface area contributed by atoms with Gasteiger partial charge in [-0.3, -0.25) is 4.90 Å². The van der Waals surface area contributed by atoms with Crippen molar-refractivity contribution in [1.82, 2.24) is 10.2 Å². The predicted molar refractivity (Wildman–Crippen MR) is 186 cm³/mol. The van der Waals surface area contributed by atoms with E-state index in [1.165, 1.54) is 7.11 Å². The number of likely N-dealkylation sites (N-methyl/N-ethyl adjacent to an activating group) is 1. The first-order chi connectivity index (χ1) is 23.7. The number of hydrogen-bond acceptors (Lipinski definition) is 8. The summed E-state index contributed by atoms with van der Waals surface area (Å²) in [6.45, 7) is 2.51. The lowest BCUT2D eigenvalue weighted by Gasteiger charge is -2.39. The molecule has 0 aliphatic carbocycles. The number of ether oxygens (including phenoxy) is 3. The Balaban J connectivity index is 1.27. The molecular weight excluding hydrogens is 622 g/mol. The van der Waals surface area contributed by atoms with Crippen molar-refractivity contribution in [3.8, 4) is 0 Å². The smallest absolute Gasteiger partial charge is 0.328 e. The molecule has 6 atom stereocenters. The highest BCUT2D eigenvalue weighted by molar-refractivity contribution is 5.92. The Kier molecular flexibility index (Phi) is 12.5. The average molecular weight is 668 g/mol. The van der Waals surface area contributed by atoms with Gasteiger partial charge in [-0.1, -0.05) is 97.1 Å². The van der Waals surface area contributed by atoms with Crippen LogP contribution in [0.15, 0.2) is 109 Å². The molecule has 4 N–H and O–H groups in total. The number of urea groups is 1. The average Bonchev–Trinajstić information content (AvgIpc) is 3.14. The molecule has 0 saturated carbocycles. The van der Waals surface area contributed by atoms with E-state index in [9.17, 15) is 19.8 Å². The quantitative estimate of drug-likeness (QED) is 0.134. The Bertz CT molecular complexity index is 1620. The van der Waals surface area contributed by atoms with Gasteiger partial charge in [0.05, 0.1) is 32.0 Å². The number of hydrogen-bond donors (Lipinski definition) is 4. The Hall–Kier alpha value is -4.58. The first-order valence-corrected chi connectivity index (χ1v) is 16.5. The summed E-state index contributed by atoms with van der Waals surface area (Å²) in [4.78, 5) is 27.4. The van der Waals surface area contributed by atoms with E-state index in [1.54, 1.807) is 12.1 Å². The summed E-state index contributed by atoms with van der Waals surface area (Å²) in [5, 5.41) is 26.1. The zero-order valence-corrected chi connectivity index (χ0v) is 28.1. The molecule has 10 nitrogen and oxygen atoms in total. The lowest BCUT2D eigenvalue weighted by Crippen LogP contribution is -2.45. The van der Waals surface area contributed by atoms with Crippen LogP contribution < -0.4 is 10.6 Å². The van der Waals surface area contributed by atoms with Gasteiger partial charge >= 0.3 is 12.0 Å². The Morgan fingerprint density at radius 1 is 0.878 bits per heavy atom. The highest BCUT2D eigenvalue weighted by Crippen LogP contribution is 2.38. The third-order valence-corrected chi connectivity index (χ3v) is 8.91. The van der Waals surface area contributed by atoms with Gasteiger partial charge in [0.15, 0.2) is 6.29 Å². The molecule has 0 unspecified atom stereocenters. The van der Waals surface area contributed by atoms with Gasteiger partial charge in [0, 0.05) is 36.7 Å². The molecule has 10 heteroatoms. The first kappa shape index (κ1) is 35.7. The van der Waals surface area contributed by atoms with Crippen molar-refractivity contribution in [2.24, 2.45) is 0 Å². The fourth-order valence-corrected chi connectivity index (χ4v) is 5.92. The van der Waals surface area contributed by atoms with Crippen molar-refractivity contribution in [1.29, 1.82) is 0 Å². The summed E-state index contributed by atoms with van der Waals surface area (Å²) in [6.07, 6.45) is -0.968. The topological polar surface area (TPSA) is 130 Å². The van der Waals surface area contributed by atoms with Crippen LogP contribution in [-0.2, 0) is 32.0 Å². The van der Waals surface area contributed by atoms with E-state index in [2.05, 4.69) is 15.5 Å².